The minimum absolute atomic E-state index is 0.133. The minimum Gasteiger partial charge on any atom is -0.391 e. The standard InChI is InChI=1S/C24H31N5O6/c1-16(30)22(24(33)28-34)27-23(32)19-4-2-17(3-5-19)18-6-8-20(9-7-18)26-21(31)14-25-15-29-10-12-35-13-11-29/h2-9,16,22,25,30,34H,10-15H2,1H3,(H,26,31)(H,27,32)(H,28,33)/t16-,22+/m1/s1. The number of morpholine rings is 1. The molecule has 1 heterocycles. The fourth-order valence-corrected chi connectivity index (χ4v) is 3.55. The van der Waals surface area contributed by atoms with E-state index < -0.39 is 24.0 Å². The van der Waals surface area contributed by atoms with Gasteiger partial charge in [-0.3, -0.25) is 29.8 Å². The lowest BCUT2D eigenvalue weighted by Gasteiger charge is -2.26. The number of aliphatic hydroxyl groups is 1. The third-order valence-electron chi connectivity index (χ3n) is 5.54. The number of benzene rings is 2. The first-order valence-electron chi connectivity index (χ1n) is 11.3. The lowest BCUT2D eigenvalue weighted by atomic mass is 10.0. The Labute approximate surface area is 203 Å². The minimum atomic E-state index is -1.29. The van der Waals surface area contributed by atoms with Crippen LogP contribution in [0.25, 0.3) is 11.1 Å². The Balaban J connectivity index is 1.51. The predicted octanol–water partition coefficient (Wildman–Crippen LogP) is 0.156. The maximum atomic E-state index is 12.4. The lowest BCUT2D eigenvalue weighted by molar-refractivity contribution is -0.133. The van der Waals surface area contributed by atoms with Crippen LogP contribution in [0.2, 0.25) is 0 Å². The smallest absolute Gasteiger partial charge is 0.268 e. The van der Waals surface area contributed by atoms with Crippen molar-refractivity contribution in [1.82, 2.24) is 21.0 Å². The average molecular weight is 486 g/mol. The van der Waals surface area contributed by atoms with Gasteiger partial charge in [-0.2, -0.15) is 0 Å². The fraction of sp³-hybridized carbons (Fsp3) is 0.375. The zero-order valence-corrected chi connectivity index (χ0v) is 19.5. The normalized spacial score (nSPS) is 15.6. The van der Waals surface area contributed by atoms with Crippen LogP contribution in [0.5, 0.6) is 0 Å². The summed E-state index contributed by atoms with van der Waals surface area (Å²) in [5, 5.41) is 26.8. The van der Waals surface area contributed by atoms with Crippen LogP contribution in [-0.2, 0) is 14.3 Å². The van der Waals surface area contributed by atoms with E-state index in [4.69, 9.17) is 9.94 Å². The number of nitrogens with one attached hydrogen (secondary N) is 4. The second-order valence-electron chi connectivity index (χ2n) is 8.19. The predicted molar refractivity (Wildman–Crippen MR) is 129 cm³/mol. The van der Waals surface area contributed by atoms with Crippen molar-refractivity contribution in [2.75, 3.05) is 44.8 Å². The third kappa shape index (κ3) is 7.84. The van der Waals surface area contributed by atoms with Gasteiger partial charge in [0.1, 0.15) is 6.04 Å². The highest BCUT2D eigenvalue weighted by Crippen LogP contribution is 2.22. The Morgan fingerprint density at radius 3 is 2.17 bits per heavy atom. The Bertz CT molecular complexity index is 990. The number of hydrogen-bond donors (Lipinski definition) is 6. The van der Waals surface area contributed by atoms with Gasteiger partial charge in [0.15, 0.2) is 0 Å². The largest absolute Gasteiger partial charge is 0.391 e. The van der Waals surface area contributed by atoms with Crippen molar-refractivity contribution in [3.63, 3.8) is 0 Å². The van der Waals surface area contributed by atoms with Crippen molar-refractivity contribution in [3.8, 4) is 11.1 Å². The van der Waals surface area contributed by atoms with Crippen LogP contribution >= 0.6 is 0 Å². The number of rotatable bonds is 10. The molecule has 11 heteroatoms. The van der Waals surface area contributed by atoms with Crippen LogP contribution in [-0.4, -0.2) is 84.6 Å². The monoisotopic (exact) mass is 485 g/mol. The number of hydroxylamine groups is 1. The van der Waals surface area contributed by atoms with Crippen molar-refractivity contribution < 1.29 is 29.4 Å². The highest BCUT2D eigenvalue weighted by Gasteiger charge is 2.25. The maximum absolute atomic E-state index is 12.4. The van der Waals surface area contributed by atoms with Crippen molar-refractivity contribution >= 4 is 23.4 Å². The summed E-state index contributed by atoms with van der Waals surface area (Å²) in [5.74, 6) is -1.61. The van der Waals surface area contributed by atoms with Crippen LogP contribution < -0.4 is 21.4 Å². The zero-order valence-electron chi connectivity index (χ0n) is 19.5. The van der Waals surface area contributed by atoms with Gasteiger partial charge in [0.25, 0.3) is 11.8 Å². The Kier molecular flexibility index (Phi) is 9.70. The van der Waals surface area contributed by atoms with E-state index in [-0.39, 0.29) is 12.5 Å². The summed E-state index contributed by atoms with van der Waals surface area (Å²) in [7, 11) is 0. The van der Waals surface area contributed by atoms with Crippen molar-refractivity contribution in [3.05, 3.63) is 54.1 Å². The van der Waals surface area contributed by atoms with E-state index in [1.165, 1.54) is 12.4 Å². The molecule has 1 aliphatic heterocycles. The molecule has 0 saturated carbocycles. The first kappa shape index (κ1) is 26.3. The molecule has 6 N–H and O–H groups in total. The Hall–Kier alpha value is -3.35. The molecule has 35 heavy (non-hydrogen) atoms. The molecular formula is C24H31N5O6. The molecule has 0 aromatic heterocycles. The van der Waals surface area contributed by atoms with Gasteiger partial charge in [-0.05, 0) is 42.3 Å². The van der Waals surface area contributed by atoms with Gasteiger partial charge in [0, 0.05) is 31.0 Å². The molecule has 1 saturated heterocycles. The quantitative estimate of drug-likeness (QED) is 0.206. The molecule has 3 rings (SSSR count). The zero-order chi connectivity index (χ0) is 25.2. The fourth-order valence-electron chi connectivity index (χ4n) is 3.55. The van der Waals surface area contributed by atoms with Crippen molar-refractivity contribution in [2.24, 2.45) is 0 Å². The number of ether oxygens (including phenoxy) is 1. The summed E-state index contributed by atoms with van der Waals surface area (Å²) in [6, 6.07) is 12.7. The van der Waals surface area contributed by atoms with Gasteiger partial charge >= 0.3 is 0 Å². The summed E-state index contributed by atoms with van der Waals surface area (Å²) in [6.45, 7) is 5.30. The number of carbonyl (C=O) groups is 3. The SMILES string of the molecule is C[C@@H](O)[C@H](NC(=O)c1ccc(-c2ccc(NC(=O)CNCN3CCOCC3)cc2)cc1)C(=O)NO. The van der Waals surface area contributed by atoms with Gasteiger partial charge in [-0.15, -0.1) is 0 Å². The molecule has 0 unspecified atom stereocenters. The molecule has 2 aromatic carbocycles. The molecule has 188 valence electrons. The number of carbonyl (C=O) groups excluding carboxylic acids is 3. The van der Waals surface area contributed by atoms with E-state index in [2.05, 4.69) is 20.9 Å². The van der Waals surface area contributed by atoms with E-state index in [9.17, 15) is 19.5 Å². The molecule has 11 nitrogen and oxygen atoms in total. The van der Waals surface area contributed by atoms with Crippen LogP contribution in [0, 0.1) is 0 Å². The molecule has 2 atom stereocenters. The van der Waals surface area contributed by atoms with Gasteiger partial charge in [0.2, 0.25) is 5.91 Å². The number of aliphatic hydroxyl groups excluding tert-OH is 1. The van der Waals surface area contributed by atoms with E-state index in [1.807, 2.05) is 12.1 Å². The summed E-state index contributed by atoms with van der Waals surface area (Å²) in [4.78, 5) is 38.4. The van der Waals surface area contributed by atoms with Crippen molar-refractivity contribution in [1.29, 1.82) is 0 Å². The number of hydrogen-bond acceptors (Lipinski definition) is 8. The Morgan fingerprint density at radius 1 is 1.00 bits per heavy atom. The molecule has 0 spiro atoms. The second-order valence-corrected chi connectivity index (χ2v) is 8.19. The molecule has 0 bridgehead atoms. The molecule has 3 amide bonds. The topological polar surface area (TPSA) is 152 Å². The van der Waals surface area contributed by atoms with Crippen LogP contribution in [0.1, 0.15) is 17.3 Å². The Morgan fingerprint density at radius 2 is 1.60 bits per heavy atom. The third-order valence-corrected chi connectivity index (χ3v) is 5.54. The molecule has 2 aromatic rings. The second kappa shape index (κ2) is 12.9. The van der Waals surface area contributed by atoms with Gasteiger partial charge in [-0.25, -0.2) is 5.48 Å². The molecule has 1 aliphatic rings. The van der Waals surface area contributed by atoms with Crippen LogP contribution in [0.4, 0.5) is 5.69 Å². The molecule has 1 fully saturated rings. The number of amides is 3. The highest BCUT2D eigenvalue weighted by molar-refractivity contribution is 5.98. The number of anilines is 1. The van der Waals surface area contributed by atoms with Gasteiger partial charge in [0.05, 0.1) is 25.9 Å². The first-order chi connectivity index (χ1) is 16.9. The van der Waals surface area contributed by atoms with E-state index in [0.29, 0.717) is 31.1 Å². The summed E-state index contributed by atoms with van der Waals surface area (Å²) < 4.78 is 5.30. The van der Waals surface area contributed by atoms with Crippen molar-refractivity contribution in [2.45, 2.75) is 19.1 Å². The number of nitrogens with zero attached hydrogens (tertiary/aromatic N) is 1. The molecular weight excluding hydrogens is 454 g/mol. The van der Waals surface area contributed by atoms with Gasteiger partial charge < -0.3 is 20.5 Å². The summed E-state index contributed by atoms with van der Waals surface area (Å²) in [5.41, 5.74) is 4.13. The van der Waals surface area contributed by atoms with Crippen LogP contribution in [0.3, 0.4) is 0 Å². The van der Waals surface area contributed by atoms with Crippen LogP contribution in [0.15, 0.2) is 48.5 Å². The summed E-state index contributed by atoms with van der Waals surface area (Å²) in [6.07, 6.45) is -1.19. The van der Waals surface area contributed by atoms with E-state index >= 15 is 0 Å². The van der Waals surface area contributed by atoms with E-state index in [1.54, 1.807) is 36.4 Å². The average Bonchev–Trinajstić information content (AvgIpc) is 2.87. The van der Waals surface area contributed by atoms with E-state index in [0.717, 1.165) is 24.2 Å². The molecule has 0 aliphatic carbocycles. The van der Waals surface area contributed by atoms with Gasteiger partial charge in [-0.1, -0.05) is 24.3 Å². The maximum Gasteiger partial charge on any atom is 0.268 e. The highest BCUT2D eigenvalue weighted by atomic mass is 16.5. The molecule has 0 radical (unpaired) electrons. The lowest BCUT2D eigenvalue weighted by Crippen LogP contribution is -2.51. The summed E-state index contributed by atoms with van der Waals surface area (Å²) >= 11 is 0. The first-order valence-corrected chi connectivity index (χ1v) is 11.3.